The Labute approximate surface area is 215 Å². The standard InChI is InChI=1S/C27H31FN4O5/c1-18(2)13-30-14-21(37-17-19-6-5-7-20(28)12-19)15-31(16-25(30)34)26(35)22-8-3-4-9-23(22)32-11-10-24(33)29-27(32)36/h3-9,12,18,21H,10-11,13-17H2,1-2H3,(H,29,33,36). The second-order valence-corrected chi connectivity index (χ2v) is 9.71. The number of carbonyl (C=O) groups excluding carboxylic acids is 4. The minimum atomic E-state index is -0.595. The van der Waals surface area contributed by atoms with Crippen LogP contribution in [0.1, 0.15) is 36.2 Å². The molecule has 2 aromatic rings. The van der Waals surface area contributed by atoms with Crippen molar-refractivity contribution in [2.45, 2.75) is 33.0 Å². The Morgan fingerprint density at radius 1 is 1.11 bits per heavy atom. The van der Waals surface area contributed by atoms with Gasteiger partial charge in [-0.2, -0.15) is 0 Å². The molecule has 2 fully saturated rings. The fourth-order valence-corrected chi connectivity index (χ4v) is 4.55. The van der Waals surface area contributed by atoms with E-state index in [1.165, 1.54) is 21.9 Å². The SMILES string of the molecule is CC(C)CN1CC(OCc2cccc(F)c2)CN(C(=O)c2ccccc2N2CCC(=O)NC2=O)CC1=O. The molecule has 37 heavy (non-hydrogen) atoms. The summed E-state index contributed by atoms with van der Waals surface area (Å²) in [4.78, 5) is 55.5. The third-order valence-corrected chi connectivity index (χ3v) is 6.25. The molecule has 1 atom stereocenters. The number of amides is 5. The van der Waals surface area contributed by atoms with Crippen molar-refractivity contribution in [2.75, 3.05) is 37.6 Å². The van der Waals surface area contributed by atoms with Crippen LogP contribution < -0.4 is 10.2 Å². The maximum absolute atomic E-state index is 13.8. The first kappa shape index (κ1) is 26.3. The molecule has 0 bridgehead atoms. The Morgan fingerprint density at radius 2 is 1.89 bits per heavy atom. The van der Waals surface area contributed by atoms with Gasteiger partial charge in [0.15, 0.2) is 0 Å². The molecule has 2 aromatic carbocycles. The summed E-state index contributed by atoms with van der Waals surface area (Å²) >= 11 is 0. The molecule has 4 rings (SSSR count). The van der Waals surface area contributed by atoms with E-state index in [1.54, 1.807) is 41.3 Å². The van der Waals surface area contributed by atoms with Gasteiger partial charge in [0.25, 0.3) is 5.91 Å². The second kappa shape index (κ2) is 11.5. The lowest BCUT2D eigenvalue weighted by Crippen LogP contribution is -2.50. The molecule has 5 amide bonds. The highest BCUT2D eigenvalue weighted by Crippen LogP contribution is 2.25. The van der Waals surface area contributed by atoms with Gasteiger partial charge >= 0.3 is 6.03 Å². The average molecular weight is 511 g/mol. The van der Waals surface area contributed by atoms with Gasteiger partial charge in [-0.3, -0.25) is 24.6 Å². The Balaban J connectivity index is 1.58. The summed E-state index contributed by atoms with van der Waals surface area (Å²) in [7, 11) is 0. The number of rotatable bonds is 7. The number of hydrogen-bond donors (Lipinski definition) is 1. The largest absolute Gasteiger partial charge is 0.370 e. The molecular formula is C27H31FN4O5. The number of halogens is 1. The fourth-order valence-electron chi connectivity index (χ4n) is 4.55. The molecule has 0 aliphatic carbocycles. The van der Waals surface area contributed by atoms with Crippen molar-refractivity contribution >= 4 is 29.4 Å². The van der Waals surface area contributed by atoms with Gasteiger partial charge < -0.3 is 14.5 Å². The highest BCUT2D eigenvalue weighted by molar-refractivity contribution is 6.10. The zero-order valence-corrected chi connectivity index (χ0v) is 21.0. The molecule has 196 valence electrons. The Bertz CT molecular complexity index is 1190. The van der Waals surface area contributed by atoms with Crippen molar-refractivity contribution in [2.24, 2.45) is 5.92 Å². The van der Waals surface area contributed by atoms with Crippen LogP contribution >= 0.6 is 0 Å². The molecule has 1 N–H and O–H groups in total. The first-order valence-corrected chi connectivity index (χ1v) is 12.3. The summed E-state index contributed by atoms with van der Waals surface area (Å²) in [5, 5.41) is 2.27. The summed E-state index contributed by atoms with van der Waals surface area (Å²) in [6, 6.07) is 12.2. The van der Waals surface area contributed by atoms with Crippen LogP contribution in [0.25, 0.3) is 0 Å². The number of ether oxygens (including phenoxy) is 1. The highest BCUT2D eigenvalue weighted by atomic mass is 19.1. The van der Waals surface area contributed by atoms with Crippen LogP contribution in [0.2, 0.25) is 0 Å². The van der Waals surface area contributed by atoms with Gasteiger partial charge in [-0.15, -0.1) is 0 Å². The predicted octanol–water partition coefficient (Wildman–Crippen LogP) is 2.80. The van der Waals surface area contributed by atoms with E-state index in [0.29, 0.717) is 24.3 Å². The van der Waals surface area contributed by atoms with Gasteiger partial charge in [0.05, 0.1) is 24.0 Å². The van der Waals surface area contributed by atoms with Crippen LogP contribution in [0, 0.1) is 11.7 Å². The van der Waals surface area contributed by atoms with Crippen LogP contribution in [0.15, 0.2) is 48.5 Å². The first-order valence-electron chi connectivity index (χ1n) is 12.3. The van der Waals surface area contributed by atoms with E-state index in [9.17, 15) is 23.6 Å². The minimum absolute atomic E-state index is 0.122. The quantitative estimate of drug-likeness (QED) is 0.618. The summed E-state index contributed by atoms with van der Waals surface area (Å²) in [6.07, 6.45) is -0.378. The molecule has 10 heteroatoms. The lowest BCUT2D eigenvalue weighted by molar-refractivity contribution is -0.132. The molecule has 2 aliphatic heterocycles. The molecule has 0 radical (unpaired) electrons. The van der Waals surface area contributed by atoms with Crippen molar-refractivity contribution in [3.05, 3.63) is 65.5 Å². The molecule has 2 aliphatic rings. The van der Waals surface area contributed by atoms with E-state index in [0.717, 1.165) is 0 Å². The van der Waals surface area contributed by atoms with Gasteiger partial charge in [0.1, 0.15) is 12.4 Å². The van der Waals surface area contributed by atoms with Gasteiger partial charge in [-0.1, -0.05) is 38.1 Å². The van der Waals surface area contributed by atoms with E-state index < -0.39 is 18.0 Å². The maximum Gasteiger partial charge on any atom is 0.328 e. The Morgan fingerprint density at radius 3 is 2.62 bits per heavy atom. The van der Waals surface area contributed by atoms with Gasteiger partial charge in [-0.05, 0) is 35.7 Å². The third-order valence-electron chi connectivity index (χ3n) is 6.25. The lowest BCUT2D eigenvalue weighted by Gasteiger charge is -2.30. The molecular weight excluding hydrogens is 479 g/mol. The van der Waals surface area contributed by atoms with Crippen molar-refractivity contribution in [1.29, 1.82) is 0 Å². The zero-order valence-electron chi connectivity index (χ0n) is 21.0. The van der Waals surface area contributed by atoms with E-state index in [1.807, 2.05) is 13.8 Å². The molecule has 1 unspecified atom stereocenters. The van der Waals surface area contributed by atoms with Crippen molar-refractivity contribution in [3.8, 4) is 0 Å². The number of carbonyl (C=O) groups is 4. The highest BCUT2D eigenvalue weighted by Gasteiger charge is 2.34. The number of urea groups is 1. The van der Waals surface area contributed by atoms with Crippen molar-refractivity contribution < 1.29 is 28.3 Å². The monoisotopic (exact) mass is 510 g/mol. The number of nitrogens with zero attached hydrogens (tertiary/aromatic N) is 3. The minimum Gasteiger partial charge on any atom is -0.370 e. The average Bonchev–Trinajstić information content (AvgIpc) is 3.00. The number of para-hydroxylation sites is 1. The number of anilines is 1. The molecule has 0 saturated carbocycles. The molecule has 9 nitrogen and oxygen atoms in total. The van der Waals surface area contributed by atoms with Gasteiger partial charge in [0, 0.05) is 32.6 Å². The fraction of sp³-hybridized carbons (Fsp3) is 0.407. The molecule has 0 spiro atoms. The van der Waals surface area contributed by atoms with E-state index in [2.05, 4.69) is 5.32 Å². The van der Waals surface area contributed by atoms with Crippen molar-refractivity contribution in [1.82, 2.24) is 15.1 Å². The predicted molar refractivity (Wildman–Crippen MR) is 134 cm³/mol. The van der Waals surface area contributed by atoms with Crippen LogP contribution in [-0.4, -0.2) is 72.4 Å². The van der Waals surface area contributed by atoms with Gasteiger partial charge in [0.2, 0.25) is 11.8 Å². The first-order chi connectivity index (χ1) is 17.7. The lowest BCUT2D eigenvalue weighted by atomic mass is 10.1. The molecule has 0 aromatic heterocycles. The van der Waals surface area contributed by atoms with Crippen molar-refractivity contribution in [3.63, 3.8) is 0 Å². The van der Waals surface area contributed by atoms with E-state index >= 15 is 0 Å². The number of benzene rings is 2. The zero-order chi connectivity index (χ0) is 26.5. The topological polar surface area (TPSA) is 99.3 Å². The van der Waals surface area contributed by atoms with Crippen LogP contribution in [0.4, 0.5) is 14.9 Å². The van der Waals surface area contributed by atoms with E-state index in [-0.39, 0.29) is 61.8 Å². The number of hydrogen-bond acceptors (Lipinski definition) is 5. The smallest absolute Gasteiger partial charge is 0.328 e. The number of nitrogens with one attached hydrogen (secondary N) is 1. The van der Waals surface area contributed by atoms with Crippen LogP contribution in [0.3, 0.4) is 0 Å². The Kier molecular flexibility index (Phi) is 8.17. The Hall–Kier alpha value is -3.79. The summed E-state index contributed by atoms with van der Waals surface area (Å²) in [5.74, 6) is -1.13. The van der Waals surface area contributed by atoms with Crippen LogP contribution in [-0.2, 0) is 20.9 Å². The third kappa shape index (κ3) is 6.51. The maximum atomic E-state index is 13.8. The van der Waals surface area contributed by atoms with E-state index in [4.69, 9.17) is 4.74 Å². The van der Waals surface area contributed by atoms with Crippen LogP contribution in [0.5, 0.6) is 0 Å². The summed E-state index contributed by atoms with van der Waals surface area (Å²) in [5.41, 5.74) is 1.27. The summed E-state index contributed by atoms with van der Waals surface area (Å²) < 4.78 is 19.7. The normalized spacial score (nSPS) is 18.8. The number of imide groups is 1. The summed E-state index contributed by atoms with van der Waals surface area (Å²) in [6.45, 7) is 5.12. The second-order valence-electron chi connectivity index (χ2n) is 9.71. The van der Waals surface area contributed by atoms with Gasteiger partial charge in [-0.25, -0.2) is 9.18 Å². The molecule has 2 saturated heterocycles. The molecule has 2 heterocycles.